The van der Waals surface area contributed by atoms with Crippen LogP contribution in [-0.2, 0) is 10.9 Å². The summed E-state index contributed by atoms with van der Waals surface area (Å²) >= 11 is 0. The molecule has 29 heavy (non-hydrogen) atoms. The van der Waals surface area contributed by atoms with Crippen LogP contribution in [0.2, 0.25) is 0 Å². The van der Waals surface area contributed by atoms with Gasteiger partial charge in [-0.2, -0.15) is 18.2 Å². The molecule has 2 aliphatic heterocycles. The van der Waals surface area contributed by atoms with Crippen molar-refractivity contribution in [3.05, 3.63) is 35.7 Å². The van der Waals surface area contributed by atoms with Gasteiger partial charge in [-0.15, -0.1) is 0 Å². The molecular weight excluding hydrogens is 383 g/mol. The maximum atomic E-state index is 13.0. The van der Waals surface area contributed by atoms with Crippen molar-refractivity contribution in [2.24, 2.45) is 0 Å². The number of alkyl halides is 3. The van der Waals surface area contributed by atoms with Crippen LogP contribution in [0, 0.1) is 0 Å². The summed E-state index contributed by atoms with van der Waals surface area (Å²) in [5.41, 5.74) is 0.147. The van der Waals surface area contributed by atoms with E-state index < -0.39 is 11.7 Å². The highest BCUT2D eigenvalue weighted by Gasteiger charge is 2.31. The molecule has 0 amide bonds. The lowest BCUT2D eigenvalue weighted by atomic mass is 9.96. The highest BCUT2D eigenvalue weighted by Crippen LogP contribution is 2.33. The number of nitrogens with zero attached hydrogens (tertiary/aromatic N) is 4. The molecule has 2 fully saturated rings. The molecule has 156 valence electrons. The zero-order valence-corrected chi connectivity index (χ0v) is 16.2. The van der Waals surface area contributed by atoms with Gasteiger partial charge in [-0.1, -0.05) is 0 Å². The third-order valence-corrected chi connectivity index (χ3v) is 5.53. The minimum atomic E-state index is -4.42. The second-order valence-corrected chi connectivity index (χ2v) is 7.60. The van der Waals surface area contributed by atoms with Gasteiger partial charge < -0.3 is 15.0 Å². The lowest BCUT2D eigenvalue weighted by Crippen LogP contribution is -2.29. The quantitative estimate of drug-likeness (QED) is 0.804. The van der Waals surface area contributed by atoms with Gasteiger partial charge in [0.1, 0.15) is 11.6 Å². The van der Waals surface area contributed by atoms with Crippen LogP contribution in [0.15, 0.2) is 24.4 Å². The van der Waals surface area contributed by atoms with Crippen LogP contribution in [0.5, 0.6) is 0 Å². The van der Waals surface area contributed by atoms with Crippen LogP contribution < -0.4 is 10.2 Å². The van der Waals surface area contributed by atoms with E-state index in [0.717, 1.165) is 56.3 Å². The number of anilines is 3. The molecule has 0 spiro atoms. The summed E-state index contributed by atoms with van der Waals surface area (Å²) < 4.78 is 44.5. The molecule has 2 aromatic rings. The highest BCUT2D eigenvalue weighted by atomic mass is 19.4. The Kier molecular flexibility index (Phi) is 5.58. The minimum Gasteiger partial charge on any atom is -0.381 e. The number of aromatic nitrogens is 3. The highest BCUT2D eigenvalue weighted by molar-refractivity contribution is 5.55. The second-order valence-electron chi connectivity index (χ2n) is 7.60. The SMILES string of the molecule is C[C@H]1CCCN1c1nc(Nc2cc(C(F)(F)F)ccn2)cc(C2CCOCC2)n1. The first-order chi connectivity index (χ1) is 13.9. The summed E-state index contributed by atoms with van der Waals surface area (Å²) in [4.78, 5) is 15.6. The molecule has 1 atom stereocenters. The maximum Gasteiger partial charge on any atom is 0.416 e. The normalized spacial score (nSPS) is 20.8. The molecule has 2 saturated heterocycles. The van der Waals surface area contributed by atoms with Crippen molar-refractivity contribution in [3.8, 4) is 0 Å². The van der Waals surface area contributed by atoms with E-state index in [4.69, 9.17) is 9.72 Å². The molecule has 4 rings (SSSR count). The zero-order valence-electron chi connectivity index (χ0n) is 16.2. The first kappa shape index (κ1) is 19.9. The average Bonchev–Trinajstić information content (AvgIpc) is 3.14. The van der Waals surface area contributed by atoms with Crippen molar-refractivity contribution >= 4 is 17.6 Å². The Balaban J connectivity index is 1.66. The van der Waals surface area contributed by atoms with Crippen molar-refractivity contribution in [1.82, 2.24) is 15.0 Å². The van der Waals surface area contributed by atoms with Gasteiger partial charge in [0.15, 0.2) is 0 Å². The van der Waals surface area contributed by atoms with Crippen LogP contribution in [0.4, 0.5) is 30.8 Å². The summed E-state index contributed by atoms with van der Waals surface area (Å²) in [7, 11) is 0. The van der Waals surface area contributed by atoms with Crippen LogP contribution in [-0.4, -0.2) is 40.8 Å². The van der Waals surface area contributed by atoms with Crippen molar-refractivity contribution in [2.75, 3.05) is 30.0 Å². The number of pyridine rings is 1. The summed E-state index contributed by atoms with van der Waals surface area (Å²) in [5, 5.41) is 2.95. The monoisotopic (exact) mass is 407 g/mol. The second kappa shape index (κ2) is 8.14. The van der Waals surface area contributed by atoms with Gasteiger partial charge in [-0.05, 0) is 44.7 Å². The fraction of sp³-hybridized carbons (Fsp3) is 0.550. The van der Waals surface area contributed by atoms with Crippen molar-refractivity contribution < 1.29 is 17.9 Å². The Morgan fingerprint density at radius 1 is 1.10 bits per heavy atom. The summed E-state index contributed by atoms with van der Waals surface area (Å²) in [6.07, 6.45) is 0.608. The van der Waals surface area contributed by atoms with Gasteiger partial charge in [0.25, 0.3) is 0 Å². The fourth-order valence-corrected chi connectivity index (χ4v) is 3.88. The van der Waals surface area contributed by atoms with Gasteiger partial charge >= 0.3 is 6.18 Å². The molecule has 0 bridgehead atoms. The number of halogens is 3. The Labute approximate surface area is 167 Å². The number of nitrogens with one attached hydrogen (secondary N) is 1. The Bertz CT molecular complexity index is 854. The first-order valence-corrected chi connectivity index (χ1v) is 9.94. The summed E-state index contributed by atoms with van der Waals surface area (Å²) in [6, 6.07) is 4.10. The Morgan fingerprint density at radius 3 is 2.59 bits per heavy atom. The molecule has 1 N–H and O–H groups in total. The minimum absolute atomic E-state index is 0.108. The third kappa shape index (κ3) is 4.60. The molecule has 0 aliphatic carbocycles. The van der Waals surface area contributed by atoms with Gasteiger partial charge in [0.2, 0.25) is 5.95 Å². The lowest BCUT2D eigenvalue weighted by Gasteiger charge is -2.26. The lowest BCUT2D eigenvalue weighted by molar-refractivity contribution is -0.137. The van der Waals surface area contributed by atoms with Gasteiger partial charge in [-0.25, -0.2) is 9.97 Å². The molecule has 0 saturated carbocycles. The van der Waals surface area contributed by atoms with E-state index in [-0.39, 0.29) is 11.7 Å². The summed E-state index contributed by atoms with van der Waals surface area (Å²) in [5.74, 6) is 1.44. The molecule has 6 nitrogen and oxygen atoms in total. The Morgan fingerprint density at radius 2 is 1.90 bits per heavy atom. The van der Waals surface area contributed by atoms with E-state index >= 15 is 0 Å². The van der Waals surface area contributed by atoms with Crippen molar-refractivity contribution in [1.29, 1.82) is 0 Å². The van der Waals surface area contributed by atoms with Crippen LogP contribution in [0.3, 0.4) is 0 Å². The van der Waals surface area contributed by atoms with Crippen molar-refractivity contribution in [2.45, 2.75) is 50.7 Å². The molecule has 0 unspecified atom stereocenters. The van der Waals surface area contributed by atoms with E-state index in [1.807, 2.05) is 6.07 Å². The molecule has 4 heterocycles. The molecule has 0 aromatic carbocycles. The van der Waals surface area contributed by atoms with Crippen LogP contribution >= 0.6 is 0 Å². The maximum absolute atomic E-state index is 13.0. The van der Waals surface area contributed by atoms with Crippen molar-refractivity contribution in [3.63, 3.8) is 0 Å². The first-order valence-electron chi connectivity index (χ1n) is 9.94. The van der Waals surface area contributed by atoms with Gasteiger partial charge in [0, 0.05) is 44.0 Å². The number of rotatable bonds is 4. The Hall–Kier alpha value is -2.42. The zero-order chi connectivity index (χ0) is 20.4. The van der Waals surface area contributed by atoms with E-state index in [1.165, 1.54) is 0 Å². The number of hydrogen-bond donors (Lipinski definition) is 1. The topological polar surface area (TPSA) is 63.2 Å². The molecule has 2 aromatic heterocycles. The third-order valence-electron chi connectivity index (χ3n) is 5.53. The van der Waals surface area contributed by atoms with E-state index in [0.29, 0.717) is 31.0 Å². The molecule has 9 heteroatoms. The van der Waals surface area contributed by atoms with Gasteiger partial charge in [-0.3, -0.25) is 0 Å². The van der Waals surface area contributed by atoms with Gasteiger partial charge in [0.05, 0.1) is 11.3 Å². The predicted octanol–water partition coefficient (Wildman–Crippen LogP) is 4.52. The molecular formula is C20H24F3N5O. The van der Waals surface area contributed by atoms with E-state index in [2.05, 4.69) is 27.1 Å². The number of hydrogen-bond acceptors (Lipinski definition) is 6. The predicted molar refractivity (Wildman–Crippen MR) is 103 cm³/mol. The summed E-state index contributed by atoms with van der Waals surface area (Å²) in [6.45, 7) is 4.38. The number of ether oxygens (including phenoxy) is 1. The largest absolute Gasteiger partial charge is 0.416 e. The van der Waals surface area contributed by atoms with E-state index in [9.17, 15) is 13.2 Å². The standard InChI is InChI=1S/C20H24F3N5O/c1-13-3-2-8-28(13)19-25-16(14-5-9-29-10-6-14)12-18(27-19)26-17-11-15(4-7-24-17)20(21,22)23/h4,7,11-14H,2-3,5-6,8-10H2,1H3,(H,24,25,26,27)/t13-/m0/s1. The van der Waals surface area contributed by atoms with E-state index in [1.54, 1.807) is 0 Å². The fourth-order valence-electron chi connectivity index (χ4n) is 3.88. The smallest absolute Gasteiger partial charge is 0.381 e. The van der Waals surface area contributed by atoms with Crippen LogP contribution in [0.25, 0.3) is 0 Å². The molecule has 0 radical (unpaired) electrons. The molecule has 2 aliphatic rings. The average molecular weight is 407 g/mol. The van der Waals surface area contributed by atoms with Crippen LogP contribution in [0.1, 0.15) is 49.8 Å².